The highest BCUT2D eigenvalue weighted by atomic mass is 19.1. The second-order valence-corrected chi connectivity index (χ2v) is 6.58. The number of fused-ring (bicyclic) bond motifs is 1. The van der Waals surface area contributed by atoms with E-state index in [0.29, 0.717) is 22.7 Å². The molecule has 0 aliphatic carbocycles. The lowest BCUT2D eigenvalue weighted by Crippen LogP contribution is -2.15. The van der Waals surface area contributed by atoms with Crippen LogP contribution in [0.2, 0.25) is 0 Å². The number of carbonyl (C=O) groups excluding carboxylic acids is 1. The second-order valence-electron chi connectivity index (χ2n) is 6.58. The molecule has 32 heavy (non-hydrogen) atoms. The van der Waals surface area contributed by atoms with Crippen molar-refractivity contribution < 1.29 is 23.4 Å². The molecule has 0 aliphatic rings. The minimum atomic E-state index is -0.870. The molecule has 0 bridgehead atoms. The molecule has 11 heteroatoms. The van der Waals surface area contributed by atoms with Crippen LogP contribution in [0.4, 0.5) is 4.39 Å². The average molecular weight is 439 g/mol. The largest absolute Gasteiger partial charge is 0.493 e. The Kier molecular flexibility index (Phi) is 5.23. The Bertz CT molecular complexity index is 1390. The Hall–Kier alpha value is -4.41. The Morgan fingerprint density at radius 2 is 1.69 bits per heavy atom. The normalized spacial score (nSPS) is 10.9. The van der Waals surface area contributed by atoms with Crippen molar-refractivity contribution in [2.45, 2.75) is 0 Å². The number of halogens is 1. The molecule has 0 saturated carbocycles. The highest BCUT2D eigenvalue weighted by Gasteiger charge is 2.24. The zero-order valence-corrected chi connectivity index (χ0v) is 17.3. The van der Waals surface area contributed by atoms with E-state index in [9.17, 15) is 14.0 Å². The summed E-state index contributed by atoms with van der Waals surface area (Å²) in [5.74, 6) is -0.321. The van der Waals surface area contributed by atoms with E-state index in [0.717, 1.165) is 0 Å². The lowest BCUT2D eigenvalue weighted by atomic mass is 10.1. The van der Waals surface area contributed by atoms with Crippen molar-refractivity contribution >= 4 is 17.1 Å². The fourth-order valence-electron chi connectivity index (χ4n) is 3.39. The number of aromatic amines is 1. The highest BCUT2D eigenvalue weighted by molar-refractivity contribution is 6.02. The summed E-state index contributed by atoms with van der Waals surface area (Å²) in [6.45, 7) is 0. The molecule has 3 N–H and O–H groups in total. The predicted octanol–water partition coefficient (Wildman–Crippen LogP) is 2.04. The average Bonchev–Trinajstić information content (AvgIpc) is 3.13. The summed E-state index contributed by atoms with van der Waals surface area (Å²) in [7, 11) is 4.35. The van der Waals surface area contributed by atoms with E-state index < -0.39 is 17.4 Å². The molecular formula is C21H18FN5O5. The number of benzene rings is 2. The number of aromatic nitrogens is 4. The maximum absolute atomic E-state index is 13.4. The molecule has 0 spiro atoms. The number of hydrogen-bond donors (Lipinski definition) is 2. The van der Waals surface area contributed by atoms with E-state index in [1.165, 1.54) is 50.2 Å². The van der Waals surface area contributed by atoms with Crippen molar-refractivity contribution in [3.05, 3.63) is 58.4 Å². The van der Waals surface area contributed by atoms with Crippen LogP contribution in [0.5, 0.6) is 17.2 Å². The van der Waals surface area contributed by atoms with Crippen molar-refractivity contribution in [3.8, 4) is 34.3 Å². The van der Waals surface area contributed by atoms with E-state index >= 15 is 0 Å². The van der Waals surface area contributed by atoms with E-state index in [1.54, 1.807) is 12.1 Å². The Labute approximate surface area is 180 Å². The van der Waals surface area contributed by atoms with Gasteiger partial charge in [0, 0.05) is 0 Å². The molecule has 2 aromatic carbocycles. The minimum Gasteiger partial charge on any atom is -0.493 e. The quantitative estimate of drug-likeness (QED) is 0.469. The SMILES string of the molecule is COc1ccc(-c2nc(C(N)=O)c3[nH]c(=O)n(-c4ccc(F)cc4)c3n2)c(OC)c1OC. The molecule has 0 atom stereocenters. The molecule has 2 heterocycles. The first-order valence-corrected chi connectivity index (χ1v) is 9.27. The van der Waals surface area contributed by atoms with Gasteiger partial charge in [0.1, 0.15) is 11.3 Å². The van der Waals surface area contributed by atoms with Crippen LogP contribution < -0.4 is 25.6 Å². The van der Waals surface area contributed by atoms with Crippen LogP contribution in [0.15, 0.2) is 41.2 Å². The smallest absolute Gasteiger partial charge is 0.332 e. The van der Waals surface area contributed by atoms with Crippen LogP contribution in [0, 0.1) is 5.82 Å². The van der Waals surface area contributed by atoms with Gasteiger partial charge in [-0.1, -0.05) is 0 Å². The summed E-state index contributed by atoms with van der Waals surface area (Å²) in [5, 5.41) is 0. The van der Waals surface area contributed by atoms with Crippen LogP contribution in [0.1, 0.15) is 10.5 Å². The molecule has 1 amide bonds. The molecule has 164 valence electrons. The second kappa shape index (κ2) is 8.02. The Morgan fingerprint density at radius 1 is 1.00 bits per heavy atom. The fraction of sp³-hybridized carbons (Fsp3) is 0.143. The summed E-state index contributed by atoms with van der Waals surface area (Å²) < 4.78 is 30.8. The van der Waals surface area contributed by atoms with Gasteiger partial charge in [-0.25, -0.2) is 23.7 Å². The number of ether oxygens (including phenoxy) is 3. The number of nitrogens with two attached hydrogens (primary N) is 1. The molecule has 0 saturated heterocycles. The lowest BCUT2D eigenvalue weighted by Gasteiger charge is -2.15. The van der Waals surface area contributed by atoms with Crippen LogP contribution in [0.3, 0.4) is 0 Å². The third-order valence-corrected chi connectivity index (χ3v) is 4.80. The van der Waals surface area contributed by atoms with Crippen LogP contribution in [-0.2, 0) is 0 Å². The number of nitrogens with zero attached hydrogens (tertiary/aromatic N) is 3. The first-order valence-electron chi connectivity index (χ1n) is 9.27. The maximum atomic E-state index is 13.4. The minimum absolute atomic E-state index is 0.0509. The van der Waals surface area contributed by atoms with Crippen molar-refractivity contribution in [2.75, 3.05) is 21.3 Å². The van der Waals surface area contributed by atoms with E-state index in [1.807, 2.05) is 0 Å². The first kappa shape index (κ1) is 20.8. The summed E-state index contributed by atoms with van der Waals surface area (Å²) >= 11 is 0. The number of hydrogen-bond acceptors (Lipinski definition) is 7. The monoisotopic (exact) mass is 439 g/mol. The molecular weight excluding hydrogens is 421 g/mol. The maximum Gasteiger partial charge on any atom is 0.332 e. The van der Waals surface area contributed by atoms with Crippen LogP contribution in [0.25, 0.3) is 28.2 Å². The summed E-state index contributed by atoms with van der Waals surface area (Å²) in [6, 6.07) is 8.47. The zero-order chi connectivity index (χ0) is 23.0. The van der Waals surface area contributed by atoms with Gasteiger partial charge in [0.05, 0.1) is 32.6 Å². The van der Waals surface area contributed by atoms with Gasteiger partial charge in [0.25, 0.3) is 5.91 Å². The first-order chi connectivity index (χ1) is 15.4. The van der Waals surface area contributed by atoms with Gasteiger partial charge in [-0.3, -0.25) is 4.79 Å². The van der Waals surface area contributed by atoms with Gasteiger partial charge < -0.3 is 24.9 Å². The lowest BCUT2D eigenvalue weighted by molar-refractivity contribution is 0.0997. The number of imidazole rings is 1. The number of carbonyl (C=O) groups is 1. The Balaban J connectivity index is 2.06. The molecule has 0 radical (unpaired) electrons. The number of primary amides is 1. The molecule has 0 aliphatic heterocycles. The highest BCUT2D eigenvalue weighted by Crippen LogP contribution is 2.43. The number of methoxy groups -OCH3 is 3. The predicted molar refractivity (Wildman–Crippen MR) is 113 cm³/mol. The molecule has 0 fully saturated rings. The van der Waals surface area contributed by atoms with E-state index in [2.05, 4.69) is 15.0 Å². The molecule has 2 aromatic heterocycles. The van der Waals surface area contributed by atoms with Crippen LogP contribution in [-0.4, -0.2) is 46.8 Å². The number of nitrogens with one attached hydrogen (secondary N) is 1. The molecule has 4 rings (SSSR count). The number of rotatable bonds is 6. The summed E-state index contributed by atoms with van der Waals surface area (Å²) in [4.78, 5) is 36.1. The standard InChI is InChI=1S/C21H18FN5O5/c1-30-13-9-8-12(16(31-2)17(13)32-3)19-24-14(18(23)28)15-20(26-19)27(21(29)25-15)11-6-4-10(22)5-7-11/h4-9H,1-3H3,(H2,23,28)(H,25,29). The Morgan fingerprint density at radius 3 is 2.28 bits per heavy atom. The van der Waals surface area contributed by atoms with Crippen molar-refractivity contribution in [3.63, 3.8) is 0 Å². The van der Waals surface area contributed by atoms with Crippen molar-refractivity contribution in [2.24, 2.45) is 5.73 Å². The van der Waals surface area contributed by atoms with Crippen molar-refractivity contribution in [1.29, 1.82) is 0 Å². The summed E-state index contributed by atoms with van der Waals surface area (Å²) in [6.07, 6.45) is 0. The molecule has 4 aromatic rings. The van der Waals surface area contributed by atoms with Gasteiger partial charge in [-0.15, -0.1) is 0 Å². The zero-order valence-electron chi connectivity index (χ0n) is 17.3. The van der Waals surface area contributed by atoms with Gasteiger partial charge in [-0.05, 0) is 36.4 Å². The molecule has 0 unspecified atom stereocenters. The van der Waals surface area contributed by atoms with E-state index in [4.69, 9.17) is 19.9 Å². The van der Waals surface area contributed by atoms with Gasteiger partial charge in [0.2, 0.25) is 5.75 Å². The van der Waals surface area contributed by atoms with Gasteiger partial charge in [0.15, 0.2) is 28.7 Å². The van der Waals surface area contributed by atoms with Gasteiger partial charge >= 0.3 is 5.69 Å². The summed E-state index contributed by atoms with van der Waals surface area (Å²) in [5.41, 5.74) is 5.58. The van der Waals surface area contributed by atoms with E-state index in [-0.39, 0.29) is 28.4 Å². The van der Waals surface area contributed by atoms with Gasteiger partial charge in [-0.2, -0.15) is 0 Å². The number of H-pyrrole nitrogens is 1. The third kappa shape index (κ3) is 3.29. The van der Waals surface area contributed by atoms with Crippen LogP contribution >= 0.6 is 0 Å². The fourth-order valence-corrected chi connectivity index (χ4v) is 3.39. The topological polar surface area (TPSA) is 134 Å². The third-order valence-electron chi connectivity index (χ3n) is 4.80. The molecule has 10 nitrogen and oxygen atoms in total. The van der Waals surface area contributed by atoms with Crippen molar-refractivity contribution in [1.82, 2.24) is 19.5 Å². The number of amides is 1.